The number of rotatable bonds is 4. The molecule has 0 bridgehead atoms. The molecule has 6 heteroatoms. The Bertz CT molecular complexity index is 658. The minimum absolute atomic E-state index is 0.0507. The Labute approximate surface area is 156 Å². The van der Waals surface area contributed by atoms with Crippen molar-refractivity contribution >= 4 is 11.9 Å². The third-order valence-corrected chi connectivity index (χ3v) is 4.59. The summed E-state index contributed by atoms with van der Waals surface area (Å²) in [6.45, 7) is 10.4. The maximum Gasteiger partial charge on any atom is 0.317 e. The number of urea groups is 1. The monoisotopic (exact) mass is 361 g/mol. The van der Waals surface area contributed by atoms with Gasteiger partial charge in [-0.1, -0.05) is 17.7 Å². The second-order valence-electron chi connectivity index (χ2n) is 7.28. The summed E-state index contributed by atoms with van der Waals surface area (Å²) in [6, 6.07) is 4.14. The van der Waals surface area contributed by atoms with Gasteiger partial charge in [0.15, 0.2) is 0 Å². The second kappa shape index (κ2) is 8.92. The van der Waals surface area contributed by atoms with Crippen LogP contribution >= 0.6 is 0 Å². The molecule has 1 fully saturated rings. The number of ether oxygens (including phenoxy) is 1. The lowest BCUT2D eigenvalue weighted by atomic mass is 10.0. The number of amides is 3. The SMILES string of the molecule is COc1c(C)cc(C)cc1CC(=O)N1CCCN(C(=O)NC(C)C)CC1. The molecule has 1 saturated heterocycles. The normalized spacial score (nSPS) is 15.0. The average Bonchev–Trinajstić information content (AvgIpc) is 2.80. The molecular formula is C20H31N3O3. The number of methoxy groups -OCH3 is 1. The van der Waals surface area contributed by atoms with Crippen LogP contribution in [0.25, 0.3) is 0 Å². The predicted molar refractivity (Wildman–Crippen MR) is 103 cm³/mol. The van der Waals surface area contributed by atoms with Crippen molar-refractivity contribution in [3.63, 3.8) is 0 Å². The van der Waals surface area contributed by atoms with Crippen LogP contribution in [0.5, 0.6) is 5.75 Å². The van der Waals surface area contributed by atoms with E-state index < -0.39 is 0 Å². The van der Waals surface area contributed by atoms with Crippen LogP contribution in [0.4, 0.5) is 4.79 Å². The van der Waals surface area contributed by atoms with E-state index in [-0.39, 0.29) is 18.0 Å². The Morgan fingerprint density at radius 3 is 2.42 bits per heavy atom. The first kappa shape index (κ1) is 20.1. The fraction of sp³-hybridized carbons (Fsp3) is 0.600. The van der Waals surface area contributed by atoms with Crippen molar-refractivity contribution in [2.24, 2.45) is 0 Å². The summed E-state index contributed by atoms with van der Waals surface area (Å²) in [5, 5.41) is 2.92. The highest BCUT2D eigenvalue weighted by Crippen LogP contribution is 2.26. The summed E-state index contributed by atoms with van der Waals surface area (Å²) in [5.41, 5.74) is 3.09. The van der Waals surface area contributed by atoms with E-state index in [1.165, 1.54) is 0 Å². The van der Waals surface area contributed by atoms with Gasteiger partial charge in [0.1, 0.15) is 5.75 Å². The summed E-state index contributed by atoms with van der Waals surface area (Å²) in [6.07, 6.45) is 1.12. The first-order valence-corrected chi connectivity index (χ1v) is 9.29. The Morgan fingerprint density at radius 1 is 1.12 bits per heavy atom. The fourth-order valence-electron chi connectivity index (χ4n) is 3.45. The topological polar surface area (TPSA) is 61.9 Å². The van der Waals surface area contributed by atoms with Crippen LogP contribution in [-0.2, 0) is 11.2 Å². The molecule has 1 aliphatic rings. The Hall–Kier alpha value is -2.24. The van der Waals surface area contributed by atoms with Gasteiger partial charge in [0.05, 0.1) is 13.5 Å². The zero-order valence-corrected chi connectivity index (χ0v) is 16.6. The number of benzene rings is 1. The first-order chi connectivity index (χ1) is 12.3. The summed E-state index contributed by atoms with van der Waals surface area (Å²) in [5.74, 6) is 0.871. The summed E-state index contributed by atoms with van der Waals surface area (Å²) < 4.78 is 5.50. The molecule has 0 atom stereocenters. The van der Waals surface area contributed by atoms with Gasteiger partial charge in [0.2, 0.25) is 5.91 Å². The van der Waals surface area contributed by atoms with E-state index in [2.05, 4.69) is 11.4 Å². The molecule has 1 heterocycles. The van der Waals surface area contributed by atoms with Crippen LogP contribution in [0.3, 0.4) is 0 Å². The molecule has 0 saturated carbocycles. The van der Waals surface area contributed by atoms with Crippen LogP contribution in [0, 0.1) is 13.8 Å². The molecular weight excluding hydrogens is 330 g/mol. The van der Waals surface area contributed by atoms with Gasteiger partial charge in [-0.3, -0.25) is 4.79 Å². The molecule has 0 aromatic heterocycles. The average molecular weight is 361 g/mol. The highest BCUT2D eigenvalue weighted by atomic mass is 16.5. The standard InChI is InChI=1S/C20H31N3O3/c1-14(2)21-20(25)23-8-6-7-22(9-10-23)18(24)13-17-12-15(3)11-16(4)19(17)26-5/h11-12,14H,6-10,13H2,1-5H3,(H,21,25). The Balaban J connectivity index is 2.02. The van der Waals surface area contributed by atoms with E-state index >= 15 is 0 Å². The van der Waals surface area contributed by atoms with Crippen molar-refractivity contribution in [1.82, 2.24) is 15.1 Å². The number of carbonyl (C=O) groups is 2. The number of hydrogen-bond donors (Lipinski definition) is 1. The predicted octanol–water partition coefficient (Wildman–Crippen LogP) is 2.51. The molecule has 6 nitrogen and oxygen atoms in total. The van der Waals surface area contributed by atoms with E-state index in [9.17, 15) is 9.59 Å². The molecule has 1 aromatic rings. The molecule has 3 amide bonds. The summed E-state index contributed by atoms with van der Waals surface area (Å²) in [4.78, 5) is 28.7. The third kappa shape index (κ3) is 5.13. The van der Waals surface area contributed by atoms with Crippen molar-refractivity contribution in [2.75, 3.05) is 33.3 Å². The quantitative estimate of drug-likeness (QED) is 0.896. The molecule has 0 aliphatic carbocycles. The summed E-state index contributed by atoms with van der Waals surface area (Å²) in [7, 11) is 1.64. The van der Waals surface area contributed by atoms with Crippen LogP contribution in [0.15, 0.2) is 12.1 Å². The number of nitrogens with zero attached hydrogens (tertiary/aromatic N) is 2. The number of nitrogens with one attached hydrogen (secondary N) is 1. The van der Waals surface area contributed by atoms with Gasteiger partial charge in [0, 0.05) is 37.8 Å². The third-order valence-electron chi connectivity index (χ3n) is 4.59. The molecule has 1 aromatic carbocycles. The molecule has 1 N–H and O–H groups in total. The molecule has 26 heavy (non-hydrogen) atoms. The fourth-order valence-corrected chi connectivity index (χ4v) is 3.45. The number of aryl methyl sites for hydroxylation is 2. The summed E-state index contributed by atoms with van der Waals surface area (Å²) >= 11 is 0. The highest BCUT2D eigenvalue weighted by Gasteiger charge is 2.23. The lowest BCUT2D eigenvalue weighted by molar-refractivity contribution is -0.130. The molecule has 1 aliphatic heterocycles. The number of hydrogen-bond acceptors (Lipinski definition) is 3. The van der Waals surface area contributed by atoms with Crippen molar-refractivity contribution < 1.29 is 14.3 Å². The van der Waals surface area contributed by atoms with Gasteiger partial charge in [-0.05, 0) is 39.7 Å². The first-order valence-electron chi connectivity index (χ1n) is 9.29. The van der Waals surface area contributed by atoms with E-state index in [1.54, 1.807) is 12.0 Å². The van der Waals surface area contributed by atoms with Gasteiger partial charge in [0.25, 0.3) is 0 Å². The maximum atomic E-state index is 12.8. The second-order valence-corrected chi connectivity index (χ2v) is 7.28. The maximum absolute atomic E-state index is 12.8. The van der Waals surface area contributed by atoms with E-state index in [4.69, 9.17) is 4.74 Å². The highest BCUT2D eigenvalue weighted by molar-refractivity contribution is 5.80. The molecule has 144 valence electrons. The lowest BCUT2D eigenvalue weighted by Crippen LogP contribution is -2.45. The Morgan fingerprint density at radius 2 is 1.77 bits per heavy atom. The minimum Gasteiger partial charge on any atom is -0.496 e. The van der Waals surface area contributed by atoms with Gasteiger partial charge >= 0.3 is 6.03 Å². The van der Waals surface area contributed by atoms with Gasteiger partial charge in [-0.2, -0.15) is 0 Å². The van der Waals surface area contributed by atoms with E-state index in [1.807, 2.05) is 38.7 Å². The minimum atomic E-state index is -0.0507. The number of carbonyl (C=O) groups excluding carboxylic acids is 2. The van der Waals surface area contributed by atoms with Crippen molar-refractivity contribution in [3.05, 3.63) is 28.8 Å². The van der Waals surface area contributed by atoms with Gasteiger partial charge in [-0.15, -0.1) is 0 Å². The molecule has 0 unspecified atom stereocenters. The van der Waals surface area contributed by atoms with Crippen molar-refractivity contribution in [3.8, 4) is 5.75 Å². The van der Waals surface area contributed by atoms with Gasteiger partial charge in [-0.25, -0.2) is 4.79 Å². The Kier molecular flexibility index (Phi) is 6.89. The lowest BCUT2D eigenvalue weighted by Gasteiger charge is -2.24. The molecule has 2 rings (SSSR count). The van der Waals surface area contributed by atoms with E-state index in [0.717, 1.165) is 28.9 Å². The zero-order valence-electron chi connectivity index (χ0n) is 16.6. The van der Waals surface area contributed by atoms with Gasteiger partial charge < -0.3 is 19.9 Å². The van der Waals surface area contributed by atoms with E-state index in [0.29, 0.717) is 32.6 Å². The smallest absolute Gasteiger partial charge is 0.317 e. The molecule has 0 spiro atoms. The van der Waals surface area contributed by atoms with Crippen LogP contribution < -0.4 is 10.1 Å². The molecule has 0 radical (unpaired) electrons. The van der Waals surface area contributed by atoms with Crippen LogP contribution in [0.1, 0.15) is 37.0 Å². The van der Waals surface area contributed by atoms with Crippen LogP contribution in [0.2, 0.25) is 0 Å². The zero-order chi connectivity index (χ0) is 19.3. The van der Waals surface area contributed by atoms with Crippen LogP contribution in [-0.4, -0.2) is 61.1 Å². The van der Waals surface area contributed by atoms with Crippen molar-refractivity contribution in [1.29, 1.82) is 0 Å². The largest absolute Gasteiger partial charge is 0.496 e. The van der Waals surface area contributed by atoms with Crippen molar-refractivity contribution in [2.45, 2.75) is 46.6 Å².